The van der Waals surface area contributed by atoms with Gasteiger partial charge in [0, 0.05) is 6.42 Å². The van der Waals surface area contributed by atoms with Gasteiger partial charge in [-0.3, -0.25) is 14.4 Å². The topological polar surface area (TPSA) is 105 Å². The molecule has 0 aliphatic heterocycles. The molecule has 0 aromatic heterocycles. The van der Waals surface area contributed by atoms with Crippen LogP contribution in [0, 0.1) is 11.8 Å². The second-order valence-corrected chi connectivity index (χ2v) is 11.1. The molecule has 0 bridgehead atoms. The predicted molar refractivity (Wildman–Crippen MR) is 148 cm³/mol. The van der Waals surface area contributed by atoms with Gasteiger partial charge in [0.1, 0.15) is 6.61 Å². The maximum Gasteiger partial charge on any atom is 0.309 e. The number of hydrogen-bond donors (Lipinski definition) is 3. The lowest BCUT2D eigenvalue weighted by atomic mass is 9.93. The Kier molecular flexibility index (Phi) is 11.1. The Labute approximate surface area is 227 Å². The Morgan fingerprint density at radius 2 is 1.47 bits per heavy atom. The van der Waals surface area contributed by atoms with E-state index in [1.54, 1.807) is 12.2 Å². The normalized spacial score (nSPS) is 19.2. The number of carbonyl (C=O) groups excluding carboxylic acids is 3. The van der Waals surface area contributed by atoms with E-state index in [1.165, 1.54) is 0 Å². The van der Waals surface area contributed by atoms with Crippen molar-refractivity contribution < 1.29 is 24.2 Å². The number of benzene rings is 1. The second-order valence-electron chi connectivity index (χ2n) is 11.1. The van der Waals surface area contributed by atoms with E-state index < -0.39 is 17.0 Å². The minimum absolute atomic E-state index is 0.0218. The molecule has 208 valence electrons. The van der Waals surface area contributed by atoms with Crippen LogP contribution in [0.15, 0.2) is 55.6 Å². The molecule has 38 heavy (non-hydrogen) atoms. The summed E-state index contributed by atoms with van der Waals surface area (Å²) >= 11 is 0. The predicted octanol–water partition coefficient (Wildman–Crippen LogP) is 4.40. The van der Waals surface area contributed by atoms with Crippen LogP contribution in [0.1, 0.15) is 76.2 Å². The van der Waals surface area contributed by atoms with Crippen molar-refractivity contribution in [2.24, 2.45) is 11.8 Å². The van der Waals surface area contributed by atoms with Crippen LogP contribution in [0.3, 0.4) is 0 Å². The maximum atomic E-state index is 13.4. The molecule has 1 aromatic rings. The number of rotatable bonds is 15. The summed E-state index contributed by atoms with van der Waals surface area (Å²) in [5, 5.41) is 16.0. The summed E-state index contributed by atoms with van der Waals surface area (Å²) in [5.41, 5.74) is -0.146. The molecule has 0 spiro atoms. The molecule has 2 aliphatic rings. The van der Waals surface area contributed by atoms with Crippen LogP contribution in [-0.2, 0) is 25.5 Å². The summed E-state index contributed by atoms with van der Waals surface area (Å²) in [7, 11) is 0. The van der Waals surface area contributed by atoms with E-state index in [0.29, 0.717) is 19.3 Å². The zero-order valence-electron chi connectivity index (χ0n) is 22.6. The Morgan fingerprint density at radius 3 is 2.05 bits per heavy atom. The van der Waals surface area contributed by atoms with E-state index in [0.717, 1.165) is 56.9 Å². The third kappa shape index (κ3) is 8.29. The summed E-state index contributed by atoms with van der Waals surface area (Å²) in [6, 6.07) is 9.83. The quantitative estimate of drug-likeness (QED) is 0.233. The number of esters is 1. The molecule has 2 aliphatic carbocycles. The number of aliphatic hydroxyl groups is 1. The van der Waals surface area contributed by atoms with Crippen LogP contribution in [0.4, 0.5) is 0 Å². The van der Waals surface area contributed by atoms with Crippen molar-refractivity contribution in [1.29, 1.82) is 0 Å². The van der Waals surface area contributed by atoms with Gasteiger partial charge in [-0.15, -0.1) is 13.2 Å². The van der Waals surface area contributed by atoms with Crippen molar-refractivity contribution in [3.05, 3.63) is 61.2 Å². The molecule has 3 N–H and O–H groups in total. The number of allylic oxidation sites excluding steroid dienone is 2. The molecule has 2 saturated carbocycles. The second kappa shape index (κ2) is 14.3. The van der Waals surface area contributed by atoms with Crippen LogP contribution in [0.25, 0.3) is 0 Å². The first kappa shape index (κ1) is 29.6. The highest BCUT2D eigenvalue weighted by atomic mass is 16.5. The summed E-state index contributed by atoms with van der Waals surface area (Å²) in [6.07, 6.45) is 11.6. The fraction of sp³-hybridized carbons (Fsp3) is 0.581. The van der Waals surface area contributed by atoms with E-state index in [1.807, 2.05) is 30.3 Å². The largest absolute Gasteiger partial charge is 0.463 e. The molecule has 7 nitrogen and oxygen atoms in total. The van der Waals surface area contributed by atoms with E-state index >= 15 is 0 Å². The number of ether oxygens (including phenoxy) is 1. The molecule has 0 saturated heterocycles. The highest BCUT2D eigenvalue weighted by Crippen LogP contribution is 2.32. The van der Waals surface area contributed by atoms with Gasteiger partial charge in [-0.25, -0.2) is 0 Å². The molecular weight excluding hydrogens is 480 g/mol. The number of carbonyl (C=O) groups is 3. The van der Waals surface area contributed by atoms with Gasteiger partial charge in [0.05, 0.1) is 29.5 Å². The fourth-order valence-electron chi connectivity index (χ4n) is 5.84. The zero-order valence-corrected chi connectivity index (χ0v) is 22.6. The van der Waals surface area contributed by atoms with Gasteiger partial charge in [-0.1, -0.05) is 68.2 Å². The minimum atomic E-state index is -0.633. The zero-order chi connectivity index (χ0) is 27.4. The molecule has 1 aromatic carbocycles. The van der Waals surface area contributed by atoms with Gasteiger partial charge >= 0.3 is 5.97 Å². The van der Waals surface area contributed by atoms with Crippen molar-refractivity contribution in [1.82, 2.24) is 10.6 Å². The standard InChI is InChI=1S/C31H44N2O5/c1-3-12-25(21-27(35)32-30(22-34)16-8-9-17-30)28(36)33-31(18-10-11-19-31)23-38-29(37)26(13-4-2)20-24-14-6-5-7-15-24/h3-7,14-15,25-26,34H,1-2,8-13,16-23H2,(H,32,35)(H,33,36)/t25-,26-/m1/s1. The van der Waals surface area contributed by atoms with Crippen LogP contribution >= 0.6 is 0 Å². The number of nitrogens with one attached hydrogen (secondary N) is 2. The first-order valence-corrected chi connectivity index (χ1v) is 14.0. The van der Waals surface area contributed by atoms with Crippen molar-refractivity contribution in [3.63, 3.8) is 0 Å². The van der Waals surface area contributed by atoms with E-state index in [9.17, 15) is 19.5 Å². The van der Waals surface area contributed by atoms with Crippen LogP contribution < -0.4 is 10.6 Å². The lowest BCUT2D eigenvalue weighted by molar-refractivity contribution is -0.151. The van der Waals surface area contributed by atoms with Crippen molar-refractivity contribution in [3.8, 4) is 0 Å². The monoisotopic (exact) mass is 524 g/mol. The molecule has 3 rings (SSSR count). The van der Waals surface area contributed by atoms with Crippen LogP contribution in [0.5, 0.6) is 0 Å². The first-order chi connectivity index (χ1) is 18.3. The van der Waals surface area contributed by atoms with Gasteiger partial charge in [0.25, 0.3) is 0 Å². The minimum Gasteiger partial charge on any atom is -0.463 e. The Morgan fingerprint density at radius 1 is 0.895 bits per heavy atom. The van der Waals surface area contributed by atoms with Gasteiger partial charge in [-0.05, 0) is 50.5 Å². The van der Waals surface area contributed by atoms with Crippen molar-refractivity contribution in [2.75, 3.05) is 13.2 Å². The Hall–Kier alpha value is -2.93. The Balaban J connectivity index is 1.61. The van der Waals surface area contributed by atoms with Gasteiger partial charge in [0.15, 0.2) is 0 Å². The molecule has 2 amide bonds. The van der Waals surface area contributed by atoms with E-state index in [-0.39, 0.29) is 43.3 Å². The lowest BCUT2D eigenvalue weighted by Gasteiger charge is -2.33. The SMILES string of the molecule is C=CC[C@H](CC(=O)NC1(CO)CCCC1)C(=O)NC1(COC(=O)[C@H](CC=C)Cc2ccccc2)CCCC1. The number of amides is 2. The molecule has 0 radical (unpaired) electrons. The first-order valence-electron chi connectivity index (χ1n) is 14.0. The van der Waals surface area contributed by atoms with Gasteiger partial charge in [-0.2, -0.15) is 0 Å². The summed E-state index contributed by atoms with van der Waals surface area (Å²) in [4.78, 5) is 39.3. The van der Waals surface area contributed by atoms with E-state index in [4.69, 9.17) is 4.74 Å². The maximum absolute atomic E-state index is 13.4. The molecule has 7 heteroatoms. The highest BCUT2D eigenvalue weighted by molar-refractivity contribution is 5.86. The van der Waals surface area contributed by atoms with Gasteiger partial charge < -0.3 is 20.5 Å². The van der Waals surface area contributed by atoms with Crippen molar-refractivity contribution in [2.45, 2.75) is 88.1 Å². The van der Waals surface area contributed by atoms with Crippen LogP contribution in [-0.4, -0.2) is 47.2 Å². The number of aliphatic hydroxyl groups excluding tert-OH is 1. The van der Waals surface area contributed by atoms with Crippen molar-refractivity contribution >= 4 is 17.8 Å². The summed E-state index contributed by atoms with van der Waals surface area (Å²) in [6.45, 7) is 7.59. The highest BCUT2D eigenvalue weighted by Gasteiger charge is 2.40. The molecule has 0 unspecified atom stereocenters. The lowest BCUT2D eigenvalue weighted by Crippen LogP contribution is -2.53. The average Bonchev–Trinajstić information content (AvgIpc) is 3.58. The smallest absolute Gasteiger partial charge is 0.309 e. The molecule has 2 atom stereocenters. The molecule has 0 heterocycles. The third-order valence-corrected chi connectivity index (χ3v) is 8.07. The number of hydrogen-bond acceptors (Lipinski definition) is 5. The molecule has 2 fully saturated rings. The van der Waals surface area contributed by atoms with E-state index in [2.05, 4.69) is 23.8 Å². The third-order valence-electron chi connectivity index (χ3n) is 8.07. The molecular formula is C31H44N2O5. The summed E-state index contributed by atoms with van der Waals surface area (Å²) in [5.74, 6) is -1.67. The summed E-state index contributed by atoms with van der Waals surface area (Å²) < 4.78 is 5.83. The van der Waals surface area contributed by atoms with Gasteiger partial charge in [0.2, 0.25) is 11.8 Å². The fourth-order valence-corrected chi connectivity index (χ4v) is 5.84. The Bertz CT molecular complexity index is 948. The van der Waals surface area contributed by atoms with Crippen LogP contribution in [0.2, 0.25) is 0 Å². The average molecular weight is 525 g/mol.